The molecule has 0 unspecified atom stereocenters. The summed E-state index contributed by atoms with van der Waals surface area (Å²) in [7, 11) is 0. The van der Waals surface area contributed by atoms with Crippen LogP contribution in [0.25, 0.3) is 0 Å². The number of hydrogen-bond donors (Lipinski definition) is 10. The summed E-state index contributed by atoms with van der Waals surface area (Å²) in [4.78, 5) is 14.5. The molecule has 0 bridgehead atoms. The first-order valence-corrected chi connectivity index (χ1v) is 23.1. The van der Waals surface area contributed by atoms with Gasteiger partial charge in [-0.1, -0.05) is 58.4 Å². The van der Waals surface area contributed by atoms with E-state index in [1.54, 1.807) is 0 Å². The number of aliphatic hydroxyl groups excluding tert-OH is 10. The second kappa shape index (κ2) is 17.1. The van der Waals surface area contributed by atoms with Crippen molar-refractivity contribution in [3.8, 4) is 0 Å². The molecule has 10 N–H and O–H groups in total. The van der Waals surface area contributed by atoms with Crippen LogP contribution in [-0.4, -0.2) is 169 Å². The van der Waals surface area contributed by atoms with Gasteiger partial charge < -0.3 is 79.5 Å². The Hall–Kier alpha value is -1.65. The van der Waals surface area contributed by atoms with E-state index in [0.717, 1.165) is 37.7 Å². The van der Waals surface area contributed by atoms with Gasteiger partial charge in [-0.3, -0.25) is 4.79 Å². The normalized spacial score (nSPS) is 53.3. The van der Waals surface area contributed by atoms with Gasteiger partial charge in [0.25, 0.3) is 0 Å². The van der Waals surface area contributed by atoms with Crippen LogP contribution in [0.5, 0.6) is 0 Å². The van der Waals surface area contributed by atoms with E-state index in [9.17, 15) is 55.9 Å². The van der Waals surface area contributed by atoms with Crippen LogP contribution in [-0.2, 0) is 33.2 Å². The fourth-order valence-corrected chi connectivity index (χ4v) is 14.3. The summed E-state index contributed by atoms with van der Waals surface area (Å²) in [6.07, 6.45) is -11.5. The molecule has 63 heavy (non-hydrogen) atoms. The van der Waals surface area contributed by atoms with Crippen LogP contribution in [0.1, 0.15) is 98.8 Å². The summed E-state index contributed by atoms with van der Waals surface area (Å²) < 4.78 is 35.4. The number of carbonyl (C=O) groups excluding carboxylic acids is 1. The number of allylic oxidation sites excluding steroid dienone is 3. The first-order chi connectivity index (χ1) is 29.6. The third-order valence-corrected chi connectivity index (χ3v) is 18.3. The average Bonchev–Trinajstić information content (AvgIpc) is 3.24. The van der Waals surface area contributed by atoms with E-state index in [0.29, 0.717) is 38.0 Å². The second-order valence-electron chi connectivity index (χ2n) is 21.6. The minimum Gasteiger partial charge on any atom is -0.432 e. The Labute approximate surface area is 369 Å². The molecule has 3 aliphatic heterocycles. The van der Waals surface area contributed by atoms with Gasteiger partial charge in [-0.25, -0.2) is 0 Å². The predicted octanol–water partition coefficient (Wildman–Crippen LogP) is 0.310. The summed E-state index contributed by atoms with van der Waals surface area (Å²) in [6.45, 7) is 14.5. The number of aliphatic hydroxyl groups is 10. The smallest absolute Gasteiger partial charge is 0.315 e. The van der Waals surface area contributed by atoms with Gasteiger partial charge in [0.15, 0.2) is 12.6 Å². The standard InChI is InChI=1S/C46H72O17/c1-21-9-14-46(41(57)63-40-35(55)33(53)31(51)26(19-48)60-40)16-15-44(5)22(23(46)17-21)7-8-28-43(4)12-11-29(42(2,3)27(43)10-13-45(28,44)6)61-38-36(56)37(24(49)20-58-38)62-39-34(54)32(52)30(50)25(18-47)59-39/h7,23-40,47-56H,1,8-20H2,2-6H3/t23-,24-,25+,26+,27-,28+,29-,30+,31-,32-,33-,34+,35+,36+,37-,38-,39-,40-,43-,44+,45+,46-/m0/s1. The van der Waals surface area contributed by atoms with Crippen LogP contribution < -0.4 is 0 Å². The zero-order valence-electron chi connectivity index (χ0n) is 37.2. The van der Waals surface area contributed by atoms with Crippen LogP contribution >= 0.6 is 0 Å². The van der Waals surface area contributed by atoms with Crippen LogP contribution in [0, 0.1) is 44.8 Å². The molecule has 3 heterocycles. The number of hydrogen-bond acceptors (Lipinski definition) is 17. The molecule has 5 aliphatic carbocycles. The number of rotatable bonds is 8. The van der Waals surface area contributed by atoms with Crippen molar-refractivity contribution in [2.45, 2.75) is 191 Å². The molecule has 0 radical (unpaired) electrons. The van der Waals surface area contributed by atoms with Crippen molar-refractivity contribution in [2.75, 3.05) is 19.8 Å². The van der Waals surface area contributed by atoms with E-state index in [4.69, 9.17) is 28.4 Å². The molecule has 358 valence electrons. The largest absolute Gasteiger partial charge is 0.432 e. The van der Waals surface area contributed by atoms with Gasteiger partial charge in [-0.2, -0.15) is 0 Å². The first kappa shape index (κ1) is 47.8. The molecule has 22 atom stereocenters. The van der Waals surface area contributed by atoms with Crippen molar-refractivity contribution in [2.24, 2.45) is 44.8 Å². The Morgan fingerprint density at radius 3 is 2.02 bits per heavy atom. The van der Waals surface area contributed by atoms with E-state index >= 15 is 0 Å². The molecule has 17 heteroatoms. The molecule has 0 amide bonds. The zero-order chi connectivity index (χ0) is 45.8. The lowest BCUT2D eigenvalue weighted by molar-refractivity contribution is -0.357. The van der Waals surface area contributed by atoms with Crippen molar-refractivity contribution >= 4 is 5.97 Å². The Balaban J connectivity index is 0.996. The summed E-state index contributed by atoms with van der Waals surface area (Å²) in [5.41, 5.74) is 0.530. The van der Waals surface area contributed by atoms with Gasteiger partial charge in [0.1, 0.15) is 67.1 Å². The van der Waals surface area contributed by atoms with Crippen LogP contribution in [0.15, 0.2) is 23.8 Å². The highest BCUT2D eigenvalue weighted by atomic mass is 16.7. The van der Waals surface area contributed by atoms with Gasteiger partial charge in [-0.15, -0.1) is 0 Å². The topological polar surface area (TPSA) is 275 Å². The SMILES string of the molecule is C=C1CC[C@]2(C(=O)O[C@@H]3O[C@H](CO)[C@H](O)[C@H](O)[C@H]3O)CC[C@]3(C)C(=CC[C@@H]4[C@@]5(C)CC[C@H](O[C@@H]6OC[C@H](O)[C@H](O[C@@H]7O[C@H](CO)[C@@H](O)[C@H](O)[C@H]7O)[C@H]6O)C(C)(C)[C@@H]5CC[C@]43C)[C@@H]2C1. The number of fused-ring (bicyclic) bond motifs is 7. The molecule has 7 fully saturated rings. The van der Waals surface area contributed by atoms with Gasteiger partial charge in [-0.05, 0) is 97.7 Å². The lowest BCUT2D eigenvalue weighted by Crippen LogP contribution is -2.66. The van der Waals surface area contributed by atoms with E-state index in [1.165, 1.54) is 5.57 Å². The molecule has 4 saturated carbocycles. The Morgan fingerprint density at radius 1 is 0.730 bits per heavy atom. The molecule has 8 rings (SSSR count). The van der Waals surface area contributed by atoms with Crippen molar-refractivity contribution < 1.29 is 84.3 Å². The molecule has 3 saturated heterocycles. The van der Waals surface area contributed by atoms with Crippen LogP contribution in [0.2, 0.25) is 0 Å². The van der Waals surface area contributed by atoms with Crippen molar-refractivity contribution in [3.63, 3.8) is 0 Å². The molecule has 8 aliphatic rings. The average molecular weight is 897 g/mol. The van der Waals surface area contributed by atoms with E-state index in [-0.39, 0.29) is 46.2 Å². The quantitative estimate of drug-likeness (QED) is 0.0892. The highest BCUT2D eigenvalue weighted by Crippen LogP contribution is 2.75. The molecule has 17 nitrogen and oxygen atoms in total. The molecular formula is C46H72O17. The summed E-state index contributed by atoms with van der Waals surface area (Å²) in [6, 6.07) is 0. The molecular weight excluding hydrogens is 824 g/mol. The Morgan fingerprint density at radius 2 is 1.37 bits per heavy atom. The van der Waals surface area contributed by atoms with E-state index < -0.39 is 111 Å². The fraction of sp³-hybridized carbons (Fsp3) is 0.891. The molecule has 0 spiro atoms. The van der Waals surface area contributed by atoms with Gasteiger partial charge in [0, 0.05) is 5.92 Å². The molecule has 0 aromatic rings. The Kier molecular flexibility index (Phi) is 13.0. The maximum atomic E-state index is 14.5. The number of carbonyl (C=O) groups is 1. The van der Waals surface area contributed by atoms with Crippen molar-refractivity contribution in [3.05, 3.63) is 23.8 Å². The van der Waals surface area contributed by atoms with Gasteiger partial charge >= 0.3 is 5.97 Å². The highest BCUT2D eigenvalue weighted by Gasteiger charge is 2.69. The zero-order valence-corrected chi connectivity index (χ0v) is 37.2. The highest BCUT2D eigenvalue weighted by molar-refractivity contribution is 5.79. The maximum Gasteiger partial charge on any atom is 0.315 e. The number of esters is 1. The summed E-state index contributed by atoms with van der Waals surface area (Å²) in [5.74, 6) is -0.184. The van der Waals surface area contributed by atoms with Gasteiger partial charge in [0.2, 0.25) is 6.29 Å². The number of ether oxygens (including phenoxy) is 6. The van der Waals surface area contributed by atoms with Gasteiger partial charge in [0.05, 0.1) is 31.3 Å². The van der Waals surface area contributed by atoms with E-state index in [2.05, 4.69) is 47.3 Å². The lowest BCUT2D eigenvalue weighted by Gasteiger charge is -2.71. The van der Waals surface area contributed by atoms with Crippen LogP contribution in [0.3, 0.4) is 0 Å². The predicted molar refractivity (Wildman–Crippen MR) is 220 cm³/mol. The molecule has 0 aromatic heterocycles. The third-order valence-electron chi connectivity index (χ3n) is 18.3. The minimum absolute atomic E-state index is 0.106. The first-order valence-electron chi connectivity index (χ1n) is 23.1. The van der Waals surface area contributed by atoms with Crippen LogP contribution in [0.4, 0.5) is 0 Å². The van der Waals surface area contributed by atoms with E-state index in [1.807, 2.05) is 0 Å². The Bertz CT molecular complexity index is 1740. The second-order valence-corrected chi connectivity index (χ2v) is 21.6. The maximum absolute atomic E-state index is 14.5. The molecule has 0 aromatic carbocycles. The summed E-state index contributed by atoms with van der Waals surface area (Å²) in [5, 5.41) is 104. The summed E-state index contributed by atoms with van der Waals surface area (Å²) >= 11 is 0. The van der Waals surface area contributed by atoms with Crippen molar-refractivity contribution in [1.82, 2.24) is 0 Å². The van der Waals surface area contributed by atoms with Crippen molar-refractivity contribution in [1.29, 1.82) is 0 Å². The fourth-order valence-electron chi connectivity index (χ4n) is 14.3. The lowest BCUT2D eigenvalue weighted by atomic mass is 9.34. The minimum atomic E-state index is -1.72. The monoisotopic (exact) mass is 896 g/mol. The third kappa shape index (κ3) is 7.43.